The van der Waals surface area contributed by atoms with Gasteiger partial charge in [0.2, 0.25) is 0 Å². The van der Waals surface area contributed by atoms with Gasteiger partial charge in [0.1, 0.15) is 18.5 Å². The van der Waals surface area contributed by atoms with E-state index in [0.717, 1.165) is 18.5 Å². The molecule has 3 N–H and O–H groups in total. The van der Waals surface area contributed by atoms with Gasteiger partial charge in [-0.3, -0.25) is 0 Å². The molecule has 0 aliphatic carbocycles. The first kappa shape index (κ1) is 14.0. The van der Waals surface area contributed by atoms with Gasteiger partial charge in [-0.15, -0.1) is 0 Å². The molecular weight excluding hydrogens is 218 g/mol. The Kier molecular flexibility index (Phi) is 6.62. The molecule has 4 nitrogen and oxygen atoms in total. The minimum absolute atomic E-state index is 0.0316. The molecule has 1 rings (SSSR count). The van der Waals surface area contributed by atoms with E-state index >= 15 is 0 Å². The van der Waals surface area contributed by atoms with Gasteiger partial charge in [-0.1, -0.05) is 19.1 Å². The molecule has 1 unspecified atom stereocenters. The highest BCUT2D eigenvalue weighted by molar-refractivity contribution is 5.26. The maximum Gasteiger partial charge on any atom is 0.119 e. The van der Waals surface area contributed by atoms with Crippen molar-refractivity contribution < 1.29 is 14.9 Å². The number of hydrogen-bond donors (Lipinski definition) is 3. The van der Waals surface area contributed by atoms with Crippen molar-refractivity contribution in [1.29, 1.82) is 0 Å². The third-order valence-electron chi connectivity index (χ3n) is 2.36. The van der Waals surface area contributed by atoms with E-state index in [4.69, 9.17) is 9.84 Å². The Balaban J connectivity index is 2.24. The summed E-state index contributed by atoms with van der Waals surface area (Å²) < 4.78 is 5.43. The molecular formula is C13H21NO3. The second kappa shape index (κ2) is 8.06. The molecule has 4 heteroatoms. The van der Waals surface area contributed by atoms with Gasteiger partial charge in [0.25, 0.3) is 0 Å². The first-order chi connectivity index (χ1) is 8.26. The van der Waals surface area contributed by atoms with E-state index in [1.807, 2.05) is 0 Å². The molecule has 0 spiro atoms. The Bertz CT molecular complexity index is 300. The van der Waals surface area contributed by atoms with Crippen LogP contribution >= 0.6 is 0 Å². The van der Waals surface area contributed by atoms with Gasteiger partial charge in [-0.2, -0.15) is 0 Å². The van der Waals surface area contributed by atoms with Crippen LogP contribution < -0.4 is 10.1 Å². The third-order valence-corrected chi connectivity index (χ3v) is 2.36. The molecule has 0 amide bonds. The molecule has 0 aliphatic heterocycles. The predicted octanol–water partition coefficient (Wildman–Crippen LogP) is 0.918. The highest BCUT2D eigenvalue weighted by Gasteiger charge is 2.04. The van der Waals surface area contributed by atoms with E-state index in [0.29, 0.717) is 12.3 Å². The van der Waals surface area contributed by atoms with Crippen LogP contribution in [0.5, 0.6) is 5.75 Å². The number of rotatable bonds is 8. The maximum atomic E-state index is 9.61. The zero-order chi connectivity index (χ0) is 12.5. The van der Waals surface area contributed by atoms with Crippen molar-refractivity contribution in [2.45, 2.75) is 26.1 Å². The van der Waals surface area contributed by atoms with Gasteiger partial charge in [0, 0.05) is 6.54 Å². The van der Waals surface area contributed by atoms with E-state index < -0.39 is 6.10 Å². The summed E-state index contributed by atoms with van der Waals surface area (Å²) in [5, 5.41) is 21.6. The van der Waals surface area contributed by atoms with E-state index in [9.17, 15) is 5.11 Å². The molecule has 96 valence electrons. The largest absolute Gasteiger partial charge is 0.491 e. The smallest absolute Gasteiger partial charge is 0.119 e. The van der Waals surface area contributed by atoms with Crippen LogP contribution in [0.25, 0.3) is 0 Å². The fraction of sp³-hybridized carbons (Fsp3) is 0.538. The zero-order valence-corrected chi connectivity index (χ0v) is 10.2. The highest BCUT2D eigenvalue weighted by atomic mass is 16.5. The number of hydrogen-bond acceptors (Lipinski definition) is 4. The second-order valence-electron chi connectivity index (χ2n) is 3.97. The molecule has 1 aromatic rings. The Morgan fingerprint density at radius 1 is 1.29 bits per heavy atom. The molecule has 0 aromatic heterocycles. The minimum atomic E-state index is -0.501. The van der Waals surface area contributed by atoms with Crippen molar-refractivity contribution in [2.75, 3.05) is 19.7 Å². The molecule has 0 saturated carbocycles. The van der Waals surface area contributed by atoms with Crippen molar-refractivity contribution >= 4 is 0 Å². The summed E-state index contributed by atoms with van der Waals surface area (Å²) in [6.07, 6.45) is 0.551. The van der Waals surface area contributed by atoms with Crippen LogP contribution in [0.1, 0.15) is 18.9 Å². The summed E-state index contributed by atoms with van der Waals surface area (Å²) in [5.41, 5.74) is 0.850. The summed E-state index contributed by atoms with van der Waals surface area (Å²) in [6.45, 7) is 3.84. The van der Waals surface area contributed by atoms with E-state index in [1.165, 1.54) is 0 Å². The average Bonchev–Trinajstić information content (AvgIpc) is 2.37. The van der Waals surface area contributed by atoms with Gasteiger partial charge in [0.05, 0.1) is 6.61 Å². The number of aliphatic hydroxyl groups excluding tert-OH is 2. The van der Waals surface area contributed by atoms with Crippen LogP contribution in [-0.2, 0) is 6.61 Å². The molecule has 1 atom stereocenters. The average molecular weight is 239 g/mol. The molecule has 0 bridgehead atoms. The minimum Gasteiger partial charge on any atom is -0.491 e. The van der Waals surface area contributed by atoms with Crippen LogP contribution in [-0.4, -0.2) is 36.0 Å². The lowest BCUT2D eigenvalue weighted by Gasteiger charge is -2.13. The first-order valence-electron chi connectivity index (χ1n) is 5.97. The summed E-state index contributed by atoms with van der Waals surface area (Å²) in [4.78, 5) is 0. The number of ether oxygens (including phenoxy) is 1. The first-order valence-corrected chi connectivity index (χ1v) is 5.97. The fourth-order valence-corrected chi connectivity index (χ4v) is 1.39. The Labute approximate surface area is 102 Å². The third kappa shape index (κ3) is 5.68. The molecule has 1 aromatic carbocycles. The van der Waals surface area contributed by atoms with E-state index in [1.54, 1.807) is 24.3 Å². The van der Waals surface area contributed by atoms with Crippen LogP contribution in [0.15, 0.2) is 24.3 Å². The van der Waals surface area contributed by atoms with E-state index in [-0.39, 0.29) is 13.2 Å². The van der Waals surface area contributed by atoms with Gasteiger partial charge in [-0.25, -0.2) is 0 Å². The standard InChI is InChI=1S/C13H21NO3/c1-2-7-14-8-12(16)10-17-13-5-3-11(9-15)4-6-13/h3-6,12,14-16H,2,7-10H2,1H3. The van der Waals surface area contributed by atoms with Crippen LogP contribution in [0, 0.1) is 0 Å². The summed E-state index contributed by atoms with van der Waals surface area (Å²) in [5.74, 6) is 0.705. The lowest BCUT2D eigenvalue weighted by Crippen LogP contribution is -2.31. The SMILES string of the molecule is CCCNCC(O)COc1ccc(CO)cc1. The maximum absolute atomic E-state index is 9.61. The van der Waals surface area contributed by atoms with Gasteiger partial charge in [-0.05, 0) is 30.7 Å². The predicted molar refractivity (Wildman–Crippen MR) is 67.0 cm³/mol. The Hall–Kier alpha value is -1.10. The zero-order valence-electron chi connectivity index (χ0n) is 10.2. The van der Waals surface area contributed by atoms with Gasteiger partial charge >= 0.3 is 0 Å². The molecule has 0 radical (unpaired) electrons. The Morgan fingerprint density at radius 2 is 2.00 bits per heavy atom. The molecule has 0 saturated heterocycles. The second-order valence-corrected chi connectivity index (χ2v) is 3.97. The lowest BCUT2D eigenvalue weighted by molar-refractivity contribution is 0.106. The molecule has 0 heterocycles. The summed E-state index contributed by atoms with van der Waals surface area (Å²) >= 11 is 0. The monoisotopic (exact) mass is 239 g/mol. The topological polar surface area (TPSA) is 61.7 Å². The van der Waals surface area contributed by atoms with Crippen LogP contribution in [0.2, 0.25) is 0 Å². The lowest BCUT2D eigenvalue weighted by atomic mass is 10.2. The van der Waals surface area contributed by atoms with Crippen LogP contribution in [0.3, 0.4) is 0 Å². The van der Waals surface area contributed by atoms with Crippen LogP contribution in [0.4, 0.5) is 0 Å². The summed E-state index contributed by atoms with van der Waals surface area (Å²) in [7, 11) is 0. The number of nitrogens with one attached hydrogen (secondary N) is 1. The fourth-order valence-electron chi connectivity index (χ4n) is 1.39. The quantitative estimate of drug-likeness (QED) is 0.590. The van der Waals surface area contributed by atoms with Crippen molar-refractivity contribution in [2.24, 2.45) is 0 Å². The van der Waals surface area contributed by atoms with Crippen molar-refractivity contribution in [1.82, 2.24) is 5.32 Å². The number of benzene rings is 1. The van der Waals surface area contributed by atoms with Crippen molar-refractivity contribution in [3.63, 3.8) is 0 Å². The number of aliphatic hydroxyl groups is 2. The summed E-state index contributed by atoms with van der Waals surface area (Å²) in [6, 6.07) is 7.18. The molecule has 0 aliphatic rings. The van der Waals surface area contributed by atoms with E-state index in [2.05, 4.69) is 12.2 Å². The normalized spacial score (nSPS) is 12.4. The van der Waals surface area contributed by atoms with Gasteiger partial charge in [0.15, 0.2) is 0 Å². The molecule has 17 heavy (non-hydrogen) atoms. The van der Waals surface area contributed by atoms with Crippen molar-refractivity contribution in [3.8, 4) is 5.75 Å². The highest BCUT2D eigenvalue weighted by Crippen LogP contribution is 2.12. The molecule has 0 fully saturated rings. The Morgan fingerprint density at radius 3 is 2.59 bits per heavy atom. The van der Waals surface area contributed by atoms with Gasteiger partial charge < -0.3 is 20.3 Å². The van der Waals surface area contributed by atoms with Crippen molar-refractivity contribution in [3.05, 3.63) is 29.8 Å².